The van der Waals surface area contributed by atoms with Gasteiger partial charge in [-0.05, 0) is 23.6 Å². The molecular weight excluding hydrogens is 222 g/mol. The molecule has 1 N–H and O–H groups in total. The van der Waals surface area contributed by atoms with Crippen molar-refractivity contribution in [2.75, 3.05) is 11.9 Å². The van der Waals surface area contributed by atoms with E-state index in [-0.39, 0.29) is 0 Å². The highest BCUT2D eigenvalue weighted by Gasteiger charge is 2.04. The van der Waals surface area contributed by atoms with E-state index in [9.17, 15) is 0 Å². The molecule has 0 radical (unpaired) electrons. The number of nitrogens with one attached hydrogen (secondary N) is 1. The van der Waals surface area contributed by atoms with Gasteiger partial charge in [0.05, 0.1) is 0 Å². The fourth-order valence-corrected chi connectivity index (χ4v) is 1.83. The molecule has 0 atom stereocenters. The second-order valence-corrected chi connectivity index (χ2v) is 4.54. The van der Waals surface area contributed by atoms with Gasteiger partial charge in [0.2, 0.25) is 5.95 Å². The highest BCUT2D eigenvalue weighted by molar-refractivity contribution is 5.43. The maximum Gasteiger partial charge on any atom is 0.207 e. The van der Waals surface area contributed by atoms with Gasteiger partial charge >= 0.3 is 0 Å². The number of hydrogen-bond acceptors (Lipinski definition) is 2. The van der Waals surface area contributed by atoms with Crippen LogP contribution in [0.5, 0.6) is 0 Å². The molecule has 0 unspecified atom stereocenters. The summed E-state index contributed by atoms with van der Waals surface area (Å²) in [6.45, 7) is 8.80. The molecule has 1 aromatic heterocycles. The smallest absolute Gasteiger partial charge is 0.207 e. The van der Waals surface area contributed by atoms with Crippen molar-refractivity contribution in [3.63, 3.8) is 0 Å². The van der Waals surface area contributed by atoms with E-state index in [0.29, 0.717) is 12.5 Å². The van der Waals surface area contributed by atoms with Crippen LogP contribution < -0.4 is 5.32 Å². The topological polar surface area (TPSA) is 29.9 Å². The molecule has 0 fully saturated rings. The van der Waals surface area contributed by atoms with E-state index in [1.165, 1.54) is 5.56 Å². The molecule has 0 spiro atoms. The fraction of sp³-hybridized carbons (Fsp3) is 0.267. The van der Waals surface area contributed by atoms with Crippen molar-refractivity contribution < 1.29 is 0 Å². The van der Waals surface area contributed by atoms with E-state index >= 15 is 0 Å². The molecule has 3 heteroatoms. The normalized spacial score (nSPS) is 10.6. The number of anilines is 1. The molecule has 0 aliphatic rings. The zero-order valence-electron chi connectivity index (χ0n) is 10.9. The van der Waals surface area contributed by atoms with E-state index in [1.54, 1.807) is 6.20 Å². The predicted octanol–water partition coefficient (Wildman–Crippen LogP) is 3.59. The van der Waals surface area contributed by atoms with E-state index in [4.69, 9.17) is 0 Å². The lowest BCUT2D eigenvalue weighted by Crippen LogP contribution is -2.05. The van der Waals surface area contributed by atoms with Crippen molar-refractivity contribution in [1.29, 1.82) is 0 Å². The van der Waals surface area contributed by atoms with Gasteiger partial charge in [-0.1, -0.05) is 32.1 Å². The summed E-state index contributed by atoms with van der Waals surface area (Å²) in [4.78, 5) is 4.29. The minimum atomic E-state index is 0.556. The van der Waals surface area contributed by atoms with E-state index in [0.717, 1.165) is 11.6 Å². The van der Waals surface area contributed by atoms with Gasteiger partial charge < -0.3 is 5.32 Å². The van der Waals surface area contributed by atoms with Gasteiger partial charge in [-0.15, -0.1) is 6.58 Å². The molecular formula is C15H19N3. The Morgan fingerprint density at radius 1 is 1.33 bits per heavy atom. The van der Waals surface area contributed by atoms with Crippen LogP contribution >= 0.6 is 0 Å². The quantitative estimate of drug-likeness (QED) is 0.811. The molecule has 2 aromatic rings. The second-order valence-electron chi connectivity index (χ2n) is 4.54. The van der Waals surface area contributed by atoms with Crippen LogP contribution in [0.2, 0.25) is 0 Å². The van der Waals surface area contributed by atoms with Crippen LogP contribution in [-0.2, 0) is 0 Å². The van der Waals surface area contributed by atoms with Crippen molar-refractivity contribution in [1.82, 2.24) is 9.55 Å². The lowest BCUT2D eigenvalue weighted by Gasteiger charge is -2.10. The van der Waals surface area contributed by atoms with Gasteiger partial charge in [0.15, 0.2) is 0 Å². The first-order valence-electron chi connectivity index (χ1n) is 6.21. The SMILES string of the molecule is C=CCNc1nccn1-c1ccc(C(C)C)cc1. The minimum Gasteiger partial charge on any atom is -0.352 e. The molecule has 0 bridgehead atoms. The molecule has 0 amide bonds. The van der Waals surface area contributed by atoms with Crippen LogP contribution in [0.1, 0.15) is 25.3 Å². The van der Waals surface area contributed by atoms with Crippen molar-refractivity contribution in [2.24, 2.45) is 0 Å². The first kappa shape index (κ1) is 12.4. The summed E-state index contributed by atoms with van der Waals surface area (Å²) >= 11 is 0. The second kappa shape index (κ2) is 5.54. The zero-order valence-corrected chi connectivity index (χ0v) is 10.9. The van der Waals surface area contributed by atoms with Crippen LogP contribution in [0.3, 0.4) is 0 Å². The van der Waals surface area contributed by atoms with Gasteiger partial charge in [0, 0.05) is 24.6 Å². The number of hydrogen-bond donors (Lipinski definition) is 1. The molecule has 1 heterocycles. The number of nitrogens with zero attached hydrogens (tertiary/aromatic N) is 2. The number of aromatic nitrogens is 2. The summed E-state index contributed by atoms with van der Waals surface area (Å²) in [5.41, 5.74) is 2.46. The third-order valence-electron chi connectivity index (χ3n) is 2.88. The van der Waals surface area contributed by atoms with Gasteiger partial charge in [0.1, 0.15) is 0 Å². The average Bonchev–Trinajstić information content (AvgIpc) is 2.84. The zero-order chi connectivity index (χ0) is 13.0. The molecule has 94 valence electrons. The van der Waals surface area contributed by atoms with Crippen molar-refractivity contribution in [2.45, 2.75) is 19.8 Å². The maximum atomic E-state index is 4.29. The Labute approximate surface area is 108 Å². The van der Waals surface area contributed by atoms with Crippen LogP contribution in [0.4, 0.5) is 5.95 Å². The summed E-state index contributed by atoms with van der Waals surface area (Å²) in [7, 11) is 0. The monoisotopic (exact) mass is 241 g/mol. The Bertz CT molecular complexity index is 509. The molecule has 3 nitrogen and oxygen atoms in total. The molecule has 2 rings (SSSR count). The van der Waals surface area contributed by atoms with Gasteiger partial charge in [-0.3, -0.25) is 4.57 Å². The highest BCUT2D eigenvalue weighted by atomic mass is 15.2. The Morgan fingerprint density at radius 3 is 2.67 bits per heavy atom. The van der Waals surface area contributed by atoms with Crippen molar-refractivity contribution in [3.8, 4) is 5.69 Å². The first-order chi connectivity index (χ1) is 8.72. The van der Waals surface area contributed by atoms with E-state index < -0.39 is 0 Å². The third kappa shape index (κ3) is 2.62. The van der Waals surface area contributed by atoms with E-state index in [1.807, 2.05) is 16.8 Å². The van der Waals surface area contributed by atoms with Gasteiger partial charge in [-0.25, -0.2) is 4.98 Å². The Kier molecular flexibility index (Phi) is 3.82. The first-order valence-corrected chi connectivity index (χ1v) is 6.21. The van der Waals surface area contributed by atoms with Gasteiger partial charge in [0.25, 0.3) is 0 Å². The van der Waals surface area contributed by atoms with Crippen LogP contribution in [-0.4, -0.2) is 16.1 Å². The molecule has 0 aliphatic heterocycles. The average molecular weight is 241 g/mol. The standard InChI is InChI=1S/C15H19N3/c1-4-9-16-15-17-10-11-18(15)14-7-5-13(6-8-14)12(2)3/h4-8,10-12H,1,9H2,2-3H3,(H,16,17). The highest BCUT2D eigenvalue weighted by Crippen LogP contribution is 2.19. The number of rotatable bonds is 5. The van der Waals surface area contributed by atoms with Crippen LogP contribution in [0.25, 0.3) is 5.69 Å². The molecule has 0 saturated heterocycles. The number of imidazole rings is 1. The summed E-state index contributed by atoms with van der Waals surface area (Å²) in [5.74, 6) is 1.40. The number of benzene rings is 1. The maximum absolute atomic E-state index is 4.29. The molecule has 18 heavy (non-hydrogen) atoms. The van der Waals surface area contributed by atoms with E-state index in [2.05, 4.69) is 55.0 Å². The van der Waals surface area contributed by atoms with Crippen molar-refractivity contribution in [3.05, 3.63) is 54.9 Å². The fourth-order valence-electron chi connectivity index (χ4n) is 1.83. The van der Waals surface area contributed by atoms with Crippen LogP contribution in [0, 0.1) is 0 Å². The lowest BCUT2D eigenvalue weighted by molar-refractivity contribution is 0.865. The summed E-state index contributed by atoms with van der Waals surface area (Å²) in [6.07, 6.45) is 5.57. The predicted molar refractivity (Wildman–Crippen MR) is 76.3 cm³/mol. The lowest BCUT2D eigenvalue weighted by atomic mass is 10.0. The Balaban J connectivity index is 2.25. The van der Waals surface area contributed by atoms with Crippen molar-refractivity contribution >= 4 is 5.95 Å². The summed E-state index contributed by atoms with van der Waals surface area (Å²) < 4.78 is 2.04. The minimum absolute atomic E-state index is 0.556. The Hall–Kier alpha value is -2.03. The molecule has 0 saturated carbocycles. The Morgan fingerprint density at radius 2 is 2.06 bits per heavy atom. The molecule has 0 aliphatic carbocycles. The third-order valence-corrected chi connectivity index (χ3v) is 2.88. The summed E-state index contributed by atoms with van der Waals surface area (Å²) in [5, 5.41) is 3.21. The molecule has 1 aromatic carbocycles. The largest absolute Gasteiger partial charge is 0.352 e. The van der Waals surface area contributed by atoms with Gasteiger partial charge in [-0.2, -0.15) is 0 Å². The summed E-state index contributed by atoms with van der Waals surface area (Å²) in [6, 6.07) is 8.57. The van der Waals surface area contributed by atoms with Crippen LogP contribution in [0.15, 0.2) is 49.3 Å².